The van der Waals surface area contributed by atoms with Crippen molar-refractivity contribution >= 4 is 21.6 Å². The highest BCUT2D eigenvalue weighted by atomic mass is 79.9. The molecular weight excluding hydrogens is 305 g/mol. The number of benzene rings is 1. The lowest BCUT2D eigenvalue weighted by Gasteiger charge is -2.38. The predicted octanol–water partition coefficient (Wildman–Crippen LogP) is 5.50. The maximum atomic E-state index is 13.1. The Kier molecular flexibility index (Phi) is 3.84. The van der Waals surface area contributed by atoms with Crippen molar-refractivity contribution in [3.63, 3.8) is 0 Å². The molecule has 2 saturated carbocycles. The number of hydrogen-bond acceptors (Lipinski definition) is 1. The van der Waals surface area contributed by atoms with Crippen molar-refractivity contribution in [2.75, 3.05) is 5.32 Å². The van der Waals surface area contributed by atoms with Crippen LogP contribution in [0.3, 0.4) is 0 Å². The second-order valence-corrected chi connectivity index (χ2v) is 7.10. The van der Waals surface area contributed by atoms with E-state index >= 15 is 0 Å². The molecule has 0 aliphatic heterocycles. The van der Waals surface area contributed by atoms with E-state index in [9.17, 15) is 4.39 Å². The highest BCUT2D eigenvalue weighted by Gasteiger charge is 2.37. The van der Waals surface area contributed by atoms with Crippen LogP contribution < -0.4 is 5.32 Å². The van der Waals surface area contributed by atoms with Crippen molar-refractivity contribution in [3.8, 4) is 0 Å². The van der Waals surface area contributed by atoms with Crippen LogP contribution in [0.15, 0.2) is 22.7 Å². The van der Waals surface area contributed by atoms with Gasteiger partial charge in [0.15, 0.2) is 0 Å². The monoisotopic (exact) mass is 325 g/mol. The van der Waals surface area contributed by atoms with E-state index in [1.165, 1.54) is 63.5 Å². The van der Waals surface area contributed by atoms with Gasteiger partial charge >= 0.3 is 0 Å². The molecule has 0 aromatic heterocycles. The first kappa shape index (κ1) is 13.4. The lowest BCUT2D eigenvalue weighted by molar-refractivity contribution is 0.188. The molecule has 1 aromatic carbocycles. The second-order valence-electron chi connectivity index (χ2n) is 6.25. The first-order valence-corrected chi connectivity index (χ1v) is 8.18. The second kappa shape index (κ2) is 5.43. The van der Waals surface area contributed by atoms with E-state index in [1.54, 1.807) is 0 Å². The molecule has 2 aliphatic carbocycles. The molecule has 19 heavy (non-hydrogen) atoms. The van der Waals surface area contributed by atoms with Crippen LogP contribution in [0.5, 0.6) is 0 Å². The Morgan fingerprint density at radius 2 is 1.79 bits per heavy atom. The molecule has 0 atom stereocenters. The molecule has 3 heteroatoms. The highest BCUT2D eigenvalue weighted by molar-refractivity contribution is 9.10. The molecule has 3 rings (SSSR count). The summed E-state index contributed by atoms with van der Waals surface area (Å²) in [6.07, 6.45) is 11.0. The van der Waals surface area contributed by atoms with Gasteiger partial charge in [-0.1, -0.05) is 12.8 Å². The Hall–Kier alpha value is -0.570. The fourth-order valence-corrected chi connectivity index (χ4v) is 4.29. The number of nitrogens with one attached hydrogen (secondary N) is 1. The van der Waals surface area contributed by atoms with Gasteiger partial charge in [-0.3, -0.25) is 0 Å². The van der Waals surface area contributed by atoms with E-state index in [0.29, 0.717) is 11.5 Å². The van der Waals surface area contributed by atoms with Gasteiger partial charge in [0.05, 0.1) is 0 Å². The zero-order valence-corrected chi connectivity index (χ0v) is 12.8. The third-order valence-corrected chi connectivity index (χ3v) is 5.66. The van der Waals surface area contributed by atoms with Crippen molar-refractivity contribution in [1.82, 2.24) is 0 Å². The molecule has 0 radical (unpaired) electrons. The van der Waals surface area contributed by atoms with Crippen LogP contribution in [-0.2, 0) is 0 Å². The average Bonchev–Trinajstić information content (AvgIpc) is 2.84. The smallest absolute Gasteiger partial charge is 0.124 e. The molecule has 1 N–H and O–H groups in total. The van der Waals surface area contributed by atoms with Gasteiger partial charge < -0.3 is 5.32 Å². The van der Waals surface area contributed by atoms with Gasteiger partial charge in [0.1, 0.15) is 5.82 Å². The lowest BCUT2D eigenvalue weighted by Crippen LogP contribution is -2.31. The zero-order valence-electron chi connectivity index (χ0n) is 11.2. The van der Waals surface area contributed by atoms with E-state index in [0.717, 1.165) is 10.2 Å². The predicted molar refractivity (Wildman–Crippen MR) is 80.9 cm³/mol. The van der Waals surface area contributed by atoms with Crippen LogP contribution in [0, 0.1) is 11.2 Å². The number of rotatable bonds is 2. The third kappa shape index (κ3) is 2.96. The first-order valence-electron chi connectivity index (χ1n) is 7.39. The van der Waals surface area contributed by atoms with Crippen molar-refractivity contribution in [2.24, 2.45) is 5.41 Å². The maximum absolute atomic E-state index is 13.1. The van der Waals surface area contributed by atoms with Crippen molar-refractivity contribution in [3.05, 3.63) is 28.5 Å². The minimum absolute atomic E-state index is 0.189. The first-order chi connectivity index (χ1) is 9.17. The molecule has 0 saturated heterocycles. The Balaban J connectivity index is 1.60. The number of halogens is 2. The number of hydrogen-bond donors (Lipinski definition) is 1. The SMILES string of the molecule is Fc1ccc(NC2CCC3(CCCC3)CC2)c(Br)c1. The van der Waals surface area contributed by atoms with Crippen molar-refractivity contribution in [1.29, 1.82) is 0 Å². The standard InChI is InChI=1S/C16H21BrFN/c17-14-11-12(18)3-4-15(14)19-13-5-9-16(10-6-13)7-1-2-8-16/h3-4,11,13,19H,1-2,5-10H2. The summed E-state index contributed by atoms with van der Waals surface area (Å²) in [4.78, 5) is 0. The van der Waals surface area contributed by atoms with E-state index < -0.39 is 0 Å². The normalized spacial score (nSPS) is 22.8. The van der Waals surface area contributed by atoms with Crippen LogP contribution in [0.25, 0.3) is 0 Å². The van der Waals surface area contributed by atoms with E-state index in [4.69, 9.17) is 0 Å². The molecule has 0 unspecified atom stereocenters. The van der Waals surface area contributed by atoms with E-state index in [-0.39, 0.29) is 5.82 Å². The van der Waals surface area contributed by atoms with Crippen LogP contribution in [0.1, 0.15) is 51.4 Å². The van der Waals surface area contributed by atoms with Gasteiger partial charge in [0.25, 0.3) is 0 Å². The fraction of sp³-hybridized carbons (Fsp3) is 0.625. The summed E-state index contributed by atoms with van der Waals surface area (Å²) in [6.45, 7) is 0. The minimum atomic E-state index is -0.189. The van der Waals surface area contributed by atoms with Crippen LogP contribution >= 0.6 is 15.9 Å². The quantitative estimate of drug-likeness (QED) is 0.756. The third-order valence-electron chi connectivity index (χ3n) is 5.00. The topological polar surface area (TPSA) is 12.0 Å². The number of anilines is 1. The van der Waals surface area contributed by atoms with Crippen LogP contribution in [0.4, 0.5) is 10.1 Å². The van der Waals surface area contributed by atoms with Gasteiger partial charge in [-0.15, -0.1) is 0 Å². The minimum Gasteiger partial charge on any atom is -0.381 e. The summed E-state index contributed by atoms with van der Waals surface area (Å²) in [5, 5.41) is 3.57. The van der Waals surface area contributed by atoms with E-state index in [2.05, 4.69) is 21.2 Å². The van der Waals surface area contributed by atoms with E-state index in [1.807, 2.05) is 6.07 Å². The Labute approximate surface area is 123 Å². The summed E-state index contributed by atoms with van der Waals surface area (Å²) in [6, 6.07) is 5.44. The van der Waals surface area contributed by atoms with Gasteiger partial charge in [-0.2, -0.15) is 0 Å². The molecule has 0 bridgehead atoms. The molecule has 2 fully saturated rings. The Morgan fingerprint density at radius 1 is 1.11 bits per heavy atom. The summed E-state index contributed by atoms with van der Waals surface area (Å²) < 4.78 is 13.9. The molecule has 104 valence electrons. The average molecular weight is 326 g/mol. The fourth-order valence-electron chi connectivity index (χ4n) is 3.83. The molecular formula is C16H21BrFN. The molecule has 1 aromatic rings. The highest BCUT2D eigenvalue weighted by Crippen LogP contribution is 2.49. The van der Waals surface area contributed by atoms with Crippen molar-refractivity contribution < 1.29 is 4.39 Å². The summed E-state index contributed by atoms with van der Waals surface area (Å²) in [5.41, 5.74) is 1.70. The zero-order chi connectivity index (χ0) is 13.3. The van der Waals surface area contributed by atoms with Gasteiger partial charge in [-0.05, 0) is 78.1 Å². The maximum Gasteiger partial charge on any atom is 0.124 e. The molecule has 0 heterocycles. The molecule has 1 spiro atoms. The van der Waals surface area contributed by atoms with Crippen LogP contribution in [0.2, 0.25) is 0 Å². The lowest BCUT2D eigenvalue weighted by atomic mass is 9.71. The Morgan fingerprint density at radius 3 is 2.42 bits per heavy atom. The molecule has 2 aliphatic rings. The van der Waals surface area contributed by atoms with Gasteiger partial charge in [-0.25, -0.2) is 4.39 Å². The van der Waals surface area contributed by atoms with Gasteiger partial charge in [0.2, 0.25) is 0 Å². The largest absolute Gasteiger partial charge is 0.381 e. The summed E-state index contributed by atoms with van der Waals surface area (Å²) in [7, 11) is 0. The summed E-state index contributed by atoms with van der Waals surface area (Å²) >= 11 is 3.43. The molecule has 1 nitrogen and oxygen atoms in total. The van der Waals surface area contributed by atoms with Crippen LogP contribution in [-0.4, -0.2) is 6.04 Å². The Bertz CT molecular complexity index is 444. The molecule has 0 amide bonds. The summed E-state index contributed by atoms with van der Waals surface area (Å²) in [5.74, 6) is -0.189. The van der Waals surface area contributed by atoms with Crippen molar-refractivity contribution in [2.45, 2.75) is 57.4 Å². The van der Waals surface area contributed by atoms with Gasteiger partial charge in [0, 0.05) is 16.2 Å².